The van der Waals surface area contributed by atoms with Gasteiger partial charge in [0.15, 0.2) is 0 Å². The van der Waals surface area contributed by atoms with Crippen molar-refractivity contribution in [3.63, 3.8) is 0 Å². The summed E-state index contributed by atoms with van der Waals surface area (Å²) in [6.45, 7) is 2.43. The van der Waals surface area contributed by atoms with Crippen LogP contribution in [0.3, 0.4) is 0 Å². The second-order valence-corrected chi connectivity index (χ2v) is 10.3. The summed E-state index contributed by atoms with van der Waals surface area (Å²) < 4.78 is 86.1. The third-order valence-corrected chi connectivity index (χ3v) is 7.34. The van der Waals surface area contributed by atoms with Gasteiger partial charge >= 0.3 is 6.18 Å². The number of hydrogen-bond donors (Lipinski definition) is 0. The number of halogens is 4. The SMILES string of the molecule is C[C@@H]1CCc2c(-c3ccc(O[C@H]4CCN(S(C)(=O)=O)C4)cc3)c(C(F)(F)F)cc(F)c21. The normalized spacial score (nSPS) is 22.0. The van der Waals surface area contributed by atoms with E-state index in [1.807, 2.05) is 6.92 Å². The van der Waals surface area contributed by atoms with Crippen molar-refractivity contribution in [2.24, 2.45) is 0 Å². The molecule has 31 heavy (non-hydrogen) atoms. The van der Waals surface area contributed by atoms with Crippen LogP contribution in [0.25, 0.3) is 11.1 Å². The minimum Gasteiger partial charge on any atom is -0.489 e. The zero-order valence-electron chi connectivity index (χ0n) is 17.2. The molecule has 1 aliphatic carbocycles. The maximum atomic E-state index is 14.5. The maximum Gasteiger partial charge on any atom is 0.417 e. The van der Waals surface area contributed by atoms with Gasteiger partial charge in [-0.15, -0.1) is 0 Å². The van der Waals surface area contributed by atoms with Gasteiger partial charge in [-0.2, -0.15) is 17.5 Å². The van der Waals surface area contributed by atoms with Gasteiger partial charge in [0.25, 0.3) is 0 Å². The Hall–Kier alpha value is -2.13. The largest absolute Gasteiger partial charge is 0.489 e. The molecule has 0 spiro atoms. The smallest absolute Gasteiger partial charge is 0.417 e. The summed E-state index contributed by atoms with van der Waals surface area (Å²) >= 11 is 0. The number of fused-ring (bicyclic) bond motifs is 1. The quantitative estimate of drug-likeness (QED) is 0.609. The van der Waals surface area contributed by atoms with Gasteiger partial charge in [-0.25, -0.2) is 12.8 Å². The molecule has 0 saturated carbocycles. The highest BCUT2D eigenvalue weighted by Crippen LogP contribution is 2.47. The van der Waals surface area contributed by atoms with E-state index in [0.717, 1.165) is 6.26 Å². The summed E-state index contributed by atoms with van der Waals surface area (Å²) in [6.07, 6.45) is -2.30. The van der Waals surface area contributed by atoms with Crippen molar-refractivity contribution in [3.8, 4) is 16.9 Å². The number of nitrogens with zero attached hydrogens (tertiary/aromatic N) is 1. The van der Waals surface area contributed by atoms with Crippen LogP contribution < -0.4 is 4.74 Å². The first kappa shape index (κ1) is 22.1. The van der Waals surface area contributed by atoms with Crippen LogP contribution in [0.15, 0.2) is 30.3 Å². The van der Waals surface area contributed by atoms with Gasteiger partial charge in [-0.05, 0) is 65.6 Å². The van der Waals surface area contributed by atoms with Crippen LogP contribution in [0.2, 0.25) is 0 Å². The van der Waals surface area contributed by atoms with E-state index in [4.69, 9.17) is 4.74 Å². The Labute approximate surface area is 178 Å². The molecule has 0 N–H and O–H groups in total. The molecule has 0 bridgehead atoms. The van der Waals surface area contributed by atoms with Crippen LogP contribution in [0.1, 0.15) is 42.4 Å². The Morgan fingerprint density at radius 3 is 2.39 bits per heavy atom. The molecule has 1 saturated heterocycles. The van der Waals surface area contributed by atoms with E-state index in [1.165, 1.54) is 4.31 Å². The highest BCUT2D eigenvalue weighted by molar-refractivity contribution is 7.88. The van der Waals surface area contributed by atoms with E-state index >= 15 is 0 Å². The van der Waals surface area contributed by atoms with Crippen molar-refractivity contribution >= 4 is 10.0 Å². The monoisotopic (exact) mass is 457 g/mol. The fraction of sp³-hybridized carbons (Fsp3) is 0.455. The Morgan fingerprint density at radius 1 is 1.13 bits per heavy atom. The summed E-state index contributed by atoms with van der Waals surface area (Å²) in [5.41, 5.74) is 0.215. The molecule has 0 unspecified atom stereocenters. The molecular formula is C22H23F4NO3S. The summed E-state index contributed by atoms with van der Waals surface area (Å²) in [6, 6.07) is 6.85. The second kappa shape index (κ2) is 7.78. The third-order valence-electron chi connectivity index (χ3n) is 6.07. The molecule has 0 aromatic heterocycles. The lowest BCUT2D eigenvalue weighted by molar-refractivity contribution is -0.137. The van der Waals surface area contributed by atoms with Crippen molar-refractivity contribution in [1.29, 1.82) is 0 Å². The van der Waals surface area contributed by atoms with Crippen molar-refractivity contribution in [1.82, 2.24) is 4.31 Å². The first-order chi connectivity index (χ1) is 14.4. The molecule has 1 fully saturated rings. The zero-order chi connectivity index (χ0) is 22.6. The van der Waals surface area contributed by atoms with E-state index in [0.29, 0.717) is 54.3 Å². The standard InChI is InChI=1S/C22H23F4NO3S/c1-13-3-8-17-20(13)19(23)11-18(22(24,25)26)21(17)14-4-6-15(7-5-14)30-16-9-10-27(12-16)31(2,28)29/h4-7,11,13,16H,3,8-10,12H2,1-2H3/t13-,16+/m1/s1. The molecule has 1 heterocycles. The van der Waals surface area contributed by atoms with Crippen LogP contribution in [0, 0.1) is 5.82 Å². The van der Waals surface area contributed by atoms with E-state index in [1.54, 1.807) is 24.3 Å². The van der Waals surface area contributed by atoms with Gasteiger partial charge < -0.3 is 4.74 Å². The summed E-state index contributed by atoms with van der Waals surface area (Å²) in [7, 11) is -3.29. The topological polar surface area (TPSA) is 46.6 Å². The van der Waals surface area contributed by atoms with Gasteiger partial charge in [0, 0.05) is 6.54 Å². The maximum absolute atomic E-state index is 14.5. The average molecular weight is 457 g/mol. The van der Waals surface area contributed by atoms with Crippen LogP contribution in [-0.2, 0) is 22.6 Å². The average Bonchev–Trinajstić information content (AvgIpc) is 3.29. The number of alkyl halides is 3. The molecule has 4 rings (SSSR count). The Balaban J connectivity index is 1.64. The van der Waals surface area contributed by atoms with Gasteiger partial charge in [-0.3, -0.25) is 0 Å². The molecule has 0 amide bonds. The molecule has 2 aromatic carbocycles. The van der Waals surface area contributed by atoms with Gasteiger partial charge in [0.05, 0.1) is 18.4 Å². The molecule has 0 radical (unpaired) electrons. The zero-order valence-corrected chi connectivity index (χ0v) is 18.0. The number of benzene rings is 2. The van der Waals surface area contributed by atoms with Crippen molar-refractivity contribution in [2.75, 3.05) is 19.3 Å². The molecule has 2 atom stereocenters. The van der Waals surface area contributed by atoms with Gasteiger partial charge in [0.2, 0.25) is 10.0 Å². The highest BCUT2D eigenvalue weighted by atomic mass is 32.2. The highest BCUT2D eigenvalue weighted by Gasteiger charge is 2.39. The molecular weight excluding hydrogens is 434 g/mol. The lowest BCUT2D eigenvalue weighted by Gasteiger charge is -2.20. The second-order valence-electron chi connectivity index (χ2n) is 8.28. The molecule has 2 aromatic rings. The van der Waals surface area contributed by atoms with E-state index in [9.17, 15) is 26.0 Å². The van der Waals surface area contributed by atoms with Crippen molar-refractivity contribution < 1.29 is 30.7 Å². The lowest BCUT2D eigenvalue weighted by atomic mass is 9.90. The van der Waals surface area contributed by atoms with E-state index < -0.39 is 27.6 Å². The number of ether oxygens (including phenoxy) is 1. The third kappa shape index (κ3) is 4.30. The van der Waals surface area contributed by atoms with Gasteiger partial charge in [-0.1, -0.05) is 19.1 Å². The fourth-order valence-corrected chi connectivity index (χ4v) is 5.43. The fourth-order valence-electron chi connectivity index (χ4n) is 4.56. The predicted molar refractivity (Wildman–Crippen MR) is 109 cm³/mol. The van der Waals surface area contributed by atoms with Crippen LogP contribution in [0.4, 0.5) is 17.6 Å². The van der Waals surface area contributed by atoms with Crippen molar-refractivity contribution in [3.05, 3.63) is 52.8 Å². The van der Waals surface area contributed by atoms with Crippen molar-refractivity contribution in [2.45, 2.75) is 44.4 Å². The molecule has 168 valence electrons. The van der Waals surface area contributed by atoms with Crippen LogP contribution in [0.5, 0.6) is 5.75 Å². The lowest BCUT2D eigenvalue weighted by Crippen LogP contribution is -2.29. The molecule has 4 nitrogen and oxygen atoms in total. The Morgan fingerprint density at radius 2 is 1.81 bits per heavy atom. The first-order valence-corrected chi connectivity index (χ1v) is 11.9. The van der Waals surface area contributed by atoms with Crippen LogP contribution >= 0.6 is 0 Å². The Kier molecular flexibility index (Phi) is 5.54. The summed E-state index contributed by atoms with van der Waals surface area (Å²) in [4.78, 5) is 0. The van der Waals surface area contributed by atoms with Gasteiger partial charge in [0.1, 0.15) is 17.7 Å². The number of rotatable bonds is 4. The molecule has 1 aliphatic heterocycles. The number of hydrogen-bond acceptors (Lipinski definition) is 3. The Bertz CT molecular complexity index is 1100. The number of sulfonamides is 1. The van der Waals surface area contributed by atoms with E-state index in [-0.39, 0.29) is 24.1 Å². The summed E-state index contributed by atoms with van der Waals surface area (Å²) in [5, 5.41) is 0. The predicted octanol–water partition coefficient (Wildman–Crippen LogP) is 4.97. The minimum absolute atomic E-state index is 0.0314. The first-order valence-electron chi connectivity index (χ1n) is 10.1. The van der Waals surface area contributed by atoms with Crippen LogP contribution in [-0.4, -0.2) is 38.2 Å². The summed E-state index contributed by atoms with van der Waals surface area (Å²) in [5.74, 6) is -0.476. The molecule has 9 heteroatoms. The van der Waals surface area contributed by atoms with E-state index in [2.05, 4.69) is 0 Å². The minimum atomic E-state index is -4.68. The molecule has 2 aliphatic rings.